The maximum atomic E-state index is 4.42. The van der Waals surface area contributed by atoms with Gasteiger partial charge in [0.15, 0.2) is 5.65 Å². The minimum absolute atomic E-state index is 0.437. The standard InChI is InChI=1S/C25H30N4/c1-15(2)23-20-12-19(18-8-6-5-7-9-18)10-11-22(20)28-24(23)21-13-29-25(26-14-27-29)17(4)16(21)3/h10-15,18,28H,5-9H2,1-4H3. The van der Waals surface area contributed by atoms with Crippen molar-refractivity contribution in [3.05, 3.63) is 53.0 Å². The molecule has 1 saturated carbocycles. The molecule has 4 heteroatoms. The summed E-state index contributed by atoms with van der Waals surface area (Å²) in [5.41, 5.74) is 10.0. The molecule has 1 aliphatic carbocycles. The van der Waals surface area contributed by atoms with Gasteiger partial charge in [-0.2, -0.15) is 5.10 Å². The monoisotopic (exact) mass is 386 g/mol. The van der Waals surface area contributed by atoms with Crippen LogP contribution in [0.2, 0.25) is 0 Å². The summed E-state index contributed by atoms with van der Waals surface area (Å²) in [6, 6.07) is 7.11. The number of aryl methyl sites for hydroxylation is 1. The fraction of sp³-hybridized carbons (Fsp3) is 0.440. The molecule has 4 nitrogen and oxygen atoms in total. The van der Waals surface area contributed by atoms with E-state index >= 15 is 0 Å². The number of aromatic nitrogens is 4. The molecule has 0 bridgehead atoms. The van der Waals surface area contributed by atoms with Gasteiger partial charge in [0.2, 0.25) is 0 Å². The van der Waals surface area contributed by atoms with Crippen LogP contribution in [0, 0.1) is 13.8 Å². The zero-order valence-corrected chi connectivity index (χ0v) is 17.9. The van der Waals surface area contributed by atoms with Gasteiger partial charge in [-0.25, -0.2) is 9.50 Å². The fourth-order valence-electron chi connectivity index (χ4n) is 5.19. The second-order valence-electron chi connectivity index (χ2n) is 9.03. The normalized spacial score (nSPS) is 15.8. The maximum absolute atomic E-state index is 4.42. The molecule has 0 amide bonds. The fourth-order valence-corrected chi connectivity index (χ4v) is 5.19. The summed E-state index contributed by atoms with van der Waals surface area (Å²) in [6.07, 6.45) is 10.6. The summed E-state index contributed by atoms with van der Waals surface area (Å²) in [5.74, 6) is 1.16. The Morgan fingerprint density at radius 3 is 2.62 bits per heavy atom. The largest absolute Gasteiger partial charge is 0.354 e. The van der Waals surface area contributed by atoms with Crippen molar-refractivity contribution < 1.29 is 0 Å². The number of hydrogen-bond donors (Lipinski definition) is 1. The van der Waals surface area contributed by atoms with Crippen LogP contribution < -0.4 is 0 Å². The van der Waals surface area contributed by atoms with Crippen molar-refractivity contribution in [2.45, 2.75) is 71.6 Å². The molecule has 0 unspecified atom stereocenters. The van der Waals surface area contributed by atoms with Gasteiger partial charge < -0.3 is 4.98 Å². The number of H-pyrrole nitrogens is 1. The SMILES string of the molecule is Cc1c(-c2[nH]c3ccc(C4CCCCC4)cc3c2C(C)C)cn2ncnc2c1C. The number of fused-ring (bicyclic) bond motifs is 2. The third kappa shape index (κ3) is 2.97. The highest BCUT2D eigenvalue weighted by Crippen LogP contribution is 2.40. The van der Waals surface area contributed by atoms with E-state index in [4.69, 9.17) is 0 Å². The van der Waals surface area contributed by atoms with E-state index in [1.54, 1.807) is 6.33 Å². The van der Waals surface area contributed by atoms with Crippen LogP contribution >= 0.6 is 0 Å². The van der Waals surface area contributed by atoms with E-state index in [1.165, 1.54) is 76.5 Å². The summed E-state index contributed by atoms with van der Waals surface area (Å²) < 4.78 is 1.90. The molecule has 1 fully saturated rings. The summed E-state index contributed by atoms with van der Waals surface area (Å²) in [5, 5.41) is 5.79. The first-order valence-electron chi connectivity index (χ1n) is 11.0. The first-order chi connectivity index (χ1) is 14.0. The molecule has 3 aromatic heterocycles. The van der Waals surface area contributed by atoms with Crippen LogP contribution in [0.25, 0.3) is 27.8 Å². The number of pyridine rings is 1. The lowest BCUT2D eigenvalue weighted by atomic mass is 9.83. The van der Waals surface area contributed by atoms with E-state index in [0.29, 0.717) is 5.92 Å². The molecule has 5 rings (SSSR count). The Kier molecular flexibility index (Phi) is 4.45. The van der Waals surface area contributed by atoms with Crippen LogP contribution in [0.5, 0.6) is 0 Å². The van der Waals surface area contributed by atoms with Crippen LogP contribution in [0.15, 0.2) is 30.7 Å². The molecule has 29 heavy (non-hydrogen) atoms. The highest BCUT2D eigenvalue weighted by atomic mass is 15.3. The van der Waals surface area contributed by atoms with E-state index in [-0.39, 0.29) is 0 Å². The Labute approximate surface area is 172 Å². The van der Waals surface area contributed by atoms with Crippen LogP contribution in [-0.4, -0.2) is 19.6 Å². The van der Waals surface area contributed by atoms with Crippen molar-refractivity contribution in [1.82, 2.24) is 19.6 Å². The Bertz CT molecular complexity index is 1190. The minimum atomic E-state index is 0.437. The van der Waals surface area contributed by atoms with Crippen LogP contribution in [-0.2, 0) is 0 Å². The molecule has 150 valence electrons. The van der Waals surface area contributed by atoms with Gasteiger partial charge in [0, 0.05) is 22.7 Å². The predicted molar refractivity (Wildman–Crippen MR) is 120 cm³/mol. The van der Waals surface area contributed by atoms with Gasteiger partial charge >= 0.3 is 0 Å². The second kappa shape index (κ2) is 7.01. The smallest absolute Gasteiger partial charge is 0.158 e. The van der Waals surface area contributed by atoms with Crippen molar-refractivity contribution in [3.8, 4) is 11.3 Å². The molecule has 0 aliphatic heterocycles. The van der Waals surface area contributed by atoms with Crippen molar-refractivity contribution in [3.63, 3.8) is 0 Å². The van der Waals surface area contributed by atoms with Crippen molar-refractivity contribution >= 4 is 16.6 Å². The molecule has 0 spiro atoms. The summed E-state index contributed by atoms with van der Waals surface area (Å²) in [6.45, 7) is 8.94. The zero-order chi connectivity index (χ0) is 20.1. The Morgan fingerprint density at radius 1 is 1.07 bits per heavy atom. The average molecular weight is 387 g/mol. The molecule has 0 radical (unpaired) electrons. The predicted octanol–water partition coefficient (Wildman–Crippen LogP) is 6.67. The van der Waals surface area contributed by atoms with E-state index in [9.17, 15) is 0 Å². The Morgan fingerprint density at radius 2 is 1.86 bits per heavy atom. The molecule has 1 N–H and O–H groups in total. The third-order valence-electron chi connectivity index (χ3n) is 6.91. The topological polar surface area (TPSA) is 46.0 Å². The van der Waals surface area contributed by atoms with Crippen LogP contribution in [0.3, 0.4) is 0 Å². The number of nitrogens with one attached hydrogen (secondary N) is 1. The van der Waals surface area contributed by atoms with Crippen molar-refractivity contribution in [1.29, 1.82) is 0 Å². The molecular formula is C25H30N4. The van der Waals surface area contributed by atoms with Crippen LogP contribution in [0.4, 0.5) is 0 Å². The van der Waals surface area contributed by atoms with E-state index in [2.05, 4.69) is 67.2 Å². The molecule has 0 saturated heterocycles. The molecule has 1 aliphatic rings. The molecule has 4 aromatic rings. The average Bonchev–Trinajstić information content (AvgIpc) is 3.35. The van der Waals surface area contributed by atoms with Crippen molar-refractivity contribution in [2.75, 3.05) is 0 Å². The lowest BCUT2D eigenvalue weighted by Crippen LogP contribution is -2.04. The second-order valence-corrected chi connectivity index (χ2v) is 9.03. The molecule has 1 aromatic carbocycles. The number of aromatic amines is 1. The zero-order valence-electron chi connectivity index (χ0n) is 17.9. The number of nitrogens with zero attached hydrogens (tertiary/aromatic N) is 3. The highest BCUT2D eigenvalue weighted by molar-refractivity contribution is 5.92. The lowest BCUT2D eigenvalue weighted by Gasteiger charge is -2.22. The van der Waals surface area contributed by atoms with Gasteiger partial charge in [-0.3, -0.25) is 0 Å². The van der Waals surface area contributed by atoms with E-state index in [0.717, 1.165) is 11.6 Å². The van der Waals surface area contributed by atoms with Gasteiger partial charge in [-0.15, -0.1) is 0 Å². The number of hydrogen-bond acceptors (Lipinski definition) is 2. The van der Waals surface area contributed by atoms with Crippen LogP contribution in [0.1, 0.15) is 80.0 Å². The first kappa shape index (κ1) is 18.4. The van der Waals surface area contributed by atoms with Gasteiger partial charge in [-0.05, 0) is 72.9 Å². The lowest BCUT2D eigenvalue weighted by molar-refractivity contribution is 0.444. The van der Waals surface area contributed by atoms with Gasteiger partial charge in [0.1, 0.15) is 6.33 Å². The number of rotatable bonds is 3. The van der Waals surface area contributed by atoms with Gasteiger partial charge in [0.25, 0.3) is 0 Å². The highest BCUT2D eigenvalue weighted by Gasteiger charge is 2.22. The number of benzene rings is 1. The molecule has 0 atom stereocenters. The van der Waals surface area contributed by atoms with Gasteiger partial charge in [0.05, 0.1) is 5.69 Å². The minimum Gasteiger partial charge on any atom is -0.354 e. The van der Waals surface area contributed by atoms with Crippen molar-refractivity contribution in [2.24, 2.45) is 0 Å². The van der Waals surface area contributed by atoms with E-state index < -0.39 is 0 Å². The Hall–Kier alpha value is -2.62. The summed E-state index contributed by atoms with van der Waals surface area (Å²) in [7, 11) is 0. The van der Waals surface area contributed by atoms with Gasteiger partial charge in [-0.1, -0.05) is 39.2 Å². The first-order valence-corrected chi connectivity index (χ1v) is 11.0. The molecule has 3 heterocycles. The molecular weight excluding hydrogens is 356 g/mol. The third-order valence-corrected chi connectivity index (χ3v) is 6.91. The quantitative estimate of drug-likeness (QED) is 0.427. The maximum Gasteiger partial charge on any atom is 0.158 e. The summed E-state index contributed by atoms with van der Waals surface area (Å²) in [4.78, 5) is 8.17. The summed E-state index contributed by atoms with van der Waals surface area (Å²) >= 11 is 0. The Balaban J connectivity index is 1.72. The van der Waals surface area contributed by atoms with E-state index in [1.807, 2.05) is 4.52 Å².